The van der Waals surface area contributed by atoms with Gasteiger partial charge in [-0.05, 0) is 54.6 Å². The van der Waals surface area contributed by atoms with Crippen LogP contribution in [0.25, 0.3) is 61.4 Å². The first-order valence-corrected chi connectivity index (χ1v) is 11.5. The van der Waals surface area contributed by atoms with Crippen molar-refractivity contribution in [1.82, 2.24) is 14.5 Å². The number of pyridine rings is 1. The van der Waals surface area contributed by atoms with E-state index in [-0.39, 0.29) is 11.3 Å². The Morgan fingerprint density at radius 1 is 0.639 bits per heavy atom. The van der Waals surface area contributed by atoms with Gasteiger partial charge in [0, 0.05) is 16.5 Å². The molecule has 0 aliphatic rings. The van der Waals surface area contributed by atoms with Crippen LogP contribution in [0.4, 0.5) is 8.78 Å². The van der Waals surface area contributed by atoms with E-state index in [4.69, 9.17) is 9.40 Å². The number of imidazole rings is 1. The number of halogens is 2. The second-order valence-corrected chi connectivity index (χ2v) is 8.53. The van der Waals surface area contributed by atoms with Crippen LogP contribution in [0.15, 0.2) is 108 Å². The Hall–Kier alpha value is -4.84. The summed E-state index contributed by atoms with van der Waals surface area (Å²) in [4.78, 5) is 9.44. The zero-order valence-corrected chi connectivity index (χ0v) is 18.8. The van der Waals surface area contributed by atoms with Gasteiger partial charge in [0.2, 0.25) is 5.71 Å². The minimum atomic E-state index is -0.671. The van der Waals surface area contributed by atoms with Crippen molar-refractivity contribution in [2.24, 2.45) is 0 Å². The van der Waals surface area contributed by atoms with E-state index in [1.165, 1.54) is 18.2 Å². The maximum absolute atomic E-state index is 14.4. The standard InChI is InChI=1S/C30H17F2N3O/c31-22-12-7-13-23(32)27(22)25-17-16-20-19-10-6-11-21(28(19)36-30(20)34-25)29-33-24-14-4-5-15-26(24)35(29)18-8-2-1-3-9-18/h1-17H. The maximum atomic E-state index is 14.4. The molecule has 0 aliphatic carbocycles. The molecule has 0 unspecified atom stereocenters. The van der Waals surface area contributed by atoms with E-state index in [0.717, 1.165) is 38.9 Å². The number of nitrogens with zero attached hydrogens (tertiary/aromatic N) is 3. The third kappa shape index (κ3) is 3.04. The number of benzene rings is 4. The van der Waals surface area contributed by atoms with Crippen LogP contribution in [-0.4, -0.2) is 14.5 Å². The molecule has 7 aromatic rings. The Bertz CT molecular complexity index is 1900. The summed E-state index contributed by atoms with van der Waals surface area (Å²) in [6.07, 6.45) is 0. The largest absolute Gasteiger partial charge is 0.437 e. The minimum Gasteiger partial charge on any atom is -0.437 e. The highest BCUT2D eigenvalue weighted by Crippen LogP contribution is 2.38. The highest BCUT2D eigenvalue weighted by atomic mass is 19.1. The molecule has 0 fully saturated rings. The quantitative estimate of drug-likeness (QED) is 0.262. The highest BCUT2D eigenvalue weighted by molar-refractivity contribution is 6.09. The lowest BCUT2D eigenvalue weighted by Gasteiger charge is -2.09. The average molecular weight is 473 g/mol. The van der Waals surface area contributed by atoms with Gasteiger partial charge in [0.1, 0.15) is 23.0 Å². The first kappa shape index (κ1) is 20.5. The number of fused-ring (bicyclic) bond motifs is 4. The zero-order valence-electron chi connectivity index (χ0n) is 18.8. The maximum Gasteiger partial charge on any atom is 0.227 e. The van der Waals surface area contributed by atoms with E-state index in [1.54, 1.807) is 12.1 Å². The summed E-state index contributed by atoms with van der Waals surface area (Å²) in [5, 5.41) is 1.61. The lowest BCUT2D eigenvalue weighted by Crippen LogP contribution is -1.97. The third-order valence-electron chi connectivity index (χ3n) is 6.40. The van der Waals surface area contributed by atoms with Crippen LogP contribution in [0.5, 0.6) is 0 Å². The summed E-state index contributed by atoms with van der Waals surface area (Å²) in [7, 11) is 0. The number of furan rings is 1. The Morgan fingerprint density at radius 3 is 2.22 bits per heavy atom. The Morgan fingerprint density at radius 2 is 1.39 bits per heavy atom. The van der Waals surface area contributed by atoms with Gasteiger partial charge in [-0.2, -0.15) is 0 Å². The molecular formula is C30H17F2N3O. The lowest BCUT2D eigenvalue weighted by molar-refractivity contribution is 0.588. The molecule has 7 rings (SSSR count). The molecular weight excluding hydrogens is 456 g/mol. The Kier molecular flexibility index (Phi) is 4.48. The van der Waals surface area contributed by atoms with Crippen molar-refractivity contribution in [2.45, 2.75) is 0 Å². The molecule has 0 amide bonds. The summed E-state index contributed by atoms with van der Waals surface area (Å²) in [5.74, 6) is -0.613. The third-order valence-corrected chi connectivity index (χ3v) is 6.40. The van der Waals surface area contributed by atoms with Crippen LogP contribution in [0.1, 0.15) is 0 Å². The molecule has 0 atom stereocenters. The number of hydrogen-bond donors (Lipinski definition) is 0. The van der Waals surface area contributed by atoms with Gasteiger partial charge >= 0.3 is 0 Å². The molecule has 3 aromatic heterocycles. The van der Waals surface area contributed by atoms with Gasteiger partial charge in [-0.25, -0.2) is 18.7 Å². The average Bonchev–Trinajstić information content (AvgIpc) is 3.47. The number of aromatic nitrogens is 3. The SMILES string of the molecule is Fc1cccc(F)c1-c1ccc2c(n1)oc1c(-c3nc4ccccc4n3-c3ccccc3)cccc12. The number of hydrogen-bond acceptors (Lipinski definition) is 3. The second kappa shape index (κ2) is 7.85. The van der Waals surface area contributed by atoms with Crippen molar-refractivity contribution in [3.63, 3.8) is 0 Å². The van der Waals surface area contributed by atoms with Gasteiger partial charge in [0.05, 0.1) is 27.9 Å². The summed E-state index contributed by atoms with van der Waals surface area (Å²) in [6, 6.07) is 31.0. The van der Waals surface area contributed by atoms with Crippen molar-refractivity contribution >= 4 is 33.1 Å². The van der Waals surface area contributed by atoms with Crippen LogP contribution >= 0.6 is 0 Å². The summed E-state index contributed by atoms with van der Waals surface area (Å²) >= 11 is 0. The van der Waals surface area contributed by atoms with Crippen molar-refractivity contribution in [3.05, 3.63) is 115 Å². The zero-order chi connectivity index (χ0) is 24.2. The van der Waals surface area contributed by atoms with Crippen molar-refractivity contribution in [3.8, 4) is 28.3 Å². The molecule has 4 aromatic carbocycles. The smallest absolute Gasteiger partial charge is 0.227 e. The van der Waals surface area contributed by atoms with E-state index in [1.807, 2.05) is 72.8 Å². The summed E-state index contributed by atoms with van der Waals surface area (Å²) in [6.45, 7) is 0. The molecule has 6 heteroatoms. The predicted octanol–water partition coefficient (Wildman–Crippen LogP) is 7.93. The molecule has 36 heavy (non-hydrogen) atoms. The van der Waals surface area contributed by atoms with E-state index in [9.17, 15) is 8.78 Å². The monoisotopic (exact) mass is 473 g/mol. The highest BCUT2D eigenvalue weighted by Gasteiger charge is 2.21. The fraction of sp³-hybridized carbons (Fsp3) is 0. The van der Waals surface area contributed by atoms with Gasteiger partial charge in [-0.3, -0.25) is 4.57 Å². The Balaban J connectivity index is 1.50. The molecule has 0 saturated heterocycles. The lowest BCUT2D eigenvalue weighted by atomic mass is 10.1. The van der Waals surface area contributed by atoms with Gasteiger partial charge in [-0.1, -0.05) is 48.5 Å². The first-order chi connectivity index (χ1) is 17.7. The minimum absolute atomic E-state index is 0.175. The molecule has 4 nitrogen and oxygen atoms in total. The van der Waals surface area contributed by atoms with Gasteiger partial charge < -0.3 is 4.42 Å². The molecule has 0 bridgehead atoms. The first-order valence-electron chi connectivity index (χ1n) is 11.5. The number of para-hydroxylation sites is 4. The Labute approximate surface area is 204 Å². The van der Waals surface area contributed by atoms with E-state index in [2.05, 4.69) is 9.55 Å². The molecule has 0 spiro atoms. The van der Waals surface area contributed by atoms with Crippen molar-refractivity contribution in [1.29, 1.82) is 0 Å². The van der Waals surface area contributed by atoms with E-state index in [0.29, 0.717) is 11.3 Å². The second-order valence-electron chi connectivity index (χ2n) is 8.53. The fourth-order valence-corrected chi connectivity index (χ4v) is 4.78. The predicted molar refractivity (Wildman–Crippen MR) is 137 cm³/mol. The van der Waals surface area contributed by atoms with Crippen LogP contribution in [0.2, 0.25) is 0 Å². The van der Waals surface area contributed by atoms with Crippen molar-refractivity contribution < 1.29 is 13.2 Å². The summed E-state index contributed by atoms with van der Waals surface area (Å²) < 4.78 is 37.2. The van der Waals surface area contributed by atoms with Crippen LogP contribution in [0.3, 0.4) is 0 Å². The summed E-state index contributed by atoms with van der Waals surface area (Å²) in [5.41, 5.74) is 4.52. The van der Waals surface area contributed by atoms with Gasteiger partial charge in [0.25, 0.3) is 0 Å². The topological polar surface area (TPSA) is 43.9 Å². The molecule has 172 valence electrons. The van der Waals surface area contributed by atoms with Gasteiger partial charge in [0.15, 0.2) is 0 Å². The molecule has 3 heterocycles. The molecule has 0 radical (unpaired) electrons. The van der Waals surface area contributed by atoms with Crippen LogP contribution < -0.4 is 0 Å². The number of rotatable bonds is 3. The van der Waals surface area contributed by atoms with Crippen molar-refractivity contribution in [2.75, 3.05) is 0 Å². The molecule has 0 aliphatic heterocycles. The van der Waals surface area contributed by atoms with Crippen LogP contribution in [0, 0.1) is 11.6 Å². The van der Waals surface area contributed by atoms with Gasteiger partial charge in [-0.15, -0.1) is 0 Å². The van der Waals surface area contributed by atoms with E-state index < -0.39 is 11.6 Å². The van der Waals surface area contributed by atoms with Crippen LogP contribution in [-0.2, 0) is 0 Å². The fourth-order valence-electron chi connectivity index (χ4n) is 4.78. The molecule has 0 saturated carbocycles. The normalized spacial score (nSPS) is 11.6. The van der Waals surface area contributed by atoms with E-state index >= 15 is 0 Å². The molecule has 0 N–H and O–H groups in total.